The van der Waals surface area contributed by atoms with E-state index in [1.807, 2.05) is 6.92 Å². The first-order chi connectivity index (χ1) is 8.74. The SMILES string of the molecule is Cc1[nH]c(C2CCNC2)nc1-c1ccc(F)cc1. The number of benzene rings is 1. The first-order valence-electron chi connectivity index (χ1n) is 6.27. The maximum atomic E-state index is 12.9. The van der Waals surface area contributed by atoms with E-state index < -0.39 is 0 Å². The van der Waals surface area contributed by atoms with E-state index in [0.29, 0.717) is 5.92 Å². The molecule has 1 atom stereocenters. The maximum absolute atomic E-state index is 12.9. The van der Waals surface area contributed by atoms with Crippen molar-refractivity contribution >= 4 is 0 Å². The third kappa shape index (κ3) is 2.04. The highest BCUT2D eigenvalue weighted by molar-refractivity contribution is 5.61. The number of rotatable bonds is 2. The van der Waals surface area contributed by atoms with Gasteiger partial charge in [-0.1, -0.05) is 0 Å². The highest BCUT2D eigenvalue weighted by atomic mass is 19.1. The molecule has 3 rings (SSSR count). The second-order valence-corrected chi connectivity index (χ2v) is 4.79. The molecule has 1 aliphatic heterocycles. The third-order valence-electron chi connectivity index (χ3n) is 3.47. The minimum absolute atomic E-state index is 0.216. The lowest BCUT2D eigenvalue weighted by molar-refractivity contribution is 0.628. The number of aryl methyl sites for hydroxylation is 1. The van der Waals surface area contributed by atoms with Gasteiger partial charge in [-0.05, 0) is 44.2 Å². The fourth-order valence-corrected chi connectivity index (χ4v) is 2.45. The average Bonchev–Trinajstić information content (AvgIpc) is 2.99. The molecule has 1 fully saturated rings. The first-order valence-corrected chi connectivity index (χ1v) is 6.27. The zero-order valence-electron chi connectivity index (χ0n) is 10.3. The fraction of sp³-hybridized carbons (Fsp3) is 0.357. The van der Waals surface area contributed by atoms with Crippen LogP contribution in [-0.2, 0) is 0 Å². The lowest BCUT2D eigenvalue weighted by Crippen LogP contribution is -2.08. The second-order valence-electron chi connectivity index (χ2n) is 4.79. The smallest absolute Gasteiger partial charge is 0.123 e. The van der Waals surface area contributed by atoms with Crippen LogP contribution in [0, 0.1) is 12.7 Å². The predicted octanol–water partition coefficient (Wildman–Crippen LogP) is 2.60. The zero-order valence-corrected chi connectivity index (χ0v) is 10.3. The molecule has 0 amide bonds. The van der Waals surface area contributed by atoms with E-state index in [-0.39, 0.29) is 5.82 Å². The quantitative estimate of drug-likeness (QED) is 0.853. The third-order valence-corrected chi connectivity index (χ3v) is 3.47. The van der Waals surface area contributed by atoms with Crippen LogP contribution in [0.15, 0.2) is 24.3 Å². The standard InChI is InChI=1S/C14H16FN3/c1-9-13(10-2-4-12(15)5-3-10)18-14(17-9)11-6-7-16-8-11/h2-5,11,16H,6-8H2,1H3,(H,17,18). The Labute approximate surface area is 105 Å². The Morgan fingerprint density at radius 2 is 2.06 bits per heavy atom. The van der Waals surface area contributed by atoms with Gasteiger partial charge >= 0.3 is 0 Å². The van der Waals surface area contributed by atoms with Gasteiger partial charge in [0.1, 0.15) is 11.6 Å². The number of aromatic nitrogens is 2. The summed E-state index contributed by atoms with van der Waals surface area (Å²) >= 11 is 0. The molecule has 0 aliphatic carbocycles. The minimum Gasteiger partial charge on any atom is -0.345 e. The number of aromatic amines is 1. The molecule has 1 saturated heterocycles. The lowest BCUT2D eigenvalue weighted by Gasteiger charge is -2.02. The second kappa shape index (κ2) is 4.53. The molecule has 2 aromatic rings. The van der Waals surface area contributed by atoms with Gasteiger partial charge in [0.05, 0.1) is 5.69 Å². The van der Waals surface area contributed by atoms with Crippen molar-refractivity contribution in [2.24, 2.45) is 0 Å². The number of H-pyrrole nitrogens is 1. The number of nitrogens with zero attached hydrogens (tertiary/aromatic N) is 1. The normalized spacial score (nSPS) is 19.3. The number of nitrogens with one attached hydrogen (secondary N) is 2. The Balaban J connectivity index is 1.94. The molecule has 94 valence electrons. The summed E-state index contributed by atoms with van der Waals surface area (Å²) in [7, 11) is 0. The van der Waals surface area contributed by atoms with E-state index in [1.165, 1.54) is 12.1 Å². The van der Waals surface area contributed by atoms with Gasteiger partial charge in [0.25, 0.3) is 0 Å². The van der Waals surface area contributed by atoms with Crippen molar-refractivity contribution in [3.63, 3.8) is 0 Å². The average molecular weight is 245 g/mol. The van der Waals surface area contributed by atoms with Crippen LogP contribution in [0.1, 0.15) is 23.9 Å². The fourth-order valence-electron chi connectivity index (χ4n) is 2.45. The molecular formula is C14H16FN3. The molecule has 1 aromatic carbocycles. The topological polar surface area (TPSA) is 40.7 Å². The Kier molecular flexibility index (Phi) is 2.88. The Morgan fingerprint density at radius 1 is 1.28 bits per heavy atom. The molecule has 0 bridgehead atoms. The van der Waals surface area contributed by atoms with Gasteiger partial charge in [0, 0.05) is 23.7 Å². The molecule has 1 unspecified atom stereocenters. The highest BCUT2D eigenvalue weighted by Crippen LogP contribution is 2.26. The van der Waals surface area contributed by atoms with Crippen LogP contribution in [-0.4, -0.2) is 23.1 Å². The summed E-state index contributed by atoms with van der Waals surface area (Å²) < 4.78 is 12.9. The Hall–Kier alpha value is -1.68. The van der Waals surface area contributed by atoms with E-state index in [4.69, 9.17) is 0 Å². The molecule has 1 aliphatic rings. The van der Waals surface area contributed by atoms with Gasteiger partial charge in [-0.2, -0.15) is 0 Å². The Bertz CT molecular complexity index is 539. The Morgan fingerprint density at radius 3 is 2.72 bits per heavy atom. The highest BCUT2D eigenvalue weighted by Gasteiger charge is 2.21. The first kappa shape index (κ1) is 11.4. The van der Waals surface area contributed by atoms with E-state index in [0.717, 1.165) is 42.3 Å². The molecule has 4 heteroatoms. The largest absolute Gasteiger partial charge is 0.345 e. The van der Waals surface area contributed by atoms with Crippen LogP contribution in [0.2, 0.25) is 0 Å². The molecular weight excluding hydrogens is 229 g/mol. The van der Waals surface area contributed by atoms with Gasteiger partial charge in [-0.15, -0.1) is 0 Å². The number of halogens is 1. The van der Waals surface area contributed by atoms with Crippen molar-refractivity contribution in [2.45, 2.75) is 19.3 Å². The van der Waals surface area contributed by atoms with Gasteiger partial charge < -0.3 is 10.3 Å². The van der Waals surface area contributed by atoms with Gasteiger partial charge in [-0.3, -0.25) is 0 Å². The van der Waals surface area contributed by atoms with Crippen molar-refractivity contribution in [3.05, 3.63) is 41.6 Å². The van der Waals surface area contributed by atoms with E-state index in [1.54, 1.807) is 12.1 Å². The molecule has 18 heavy (non-hydrogen) atoms. The van der Waals surface area contributed by atoms with Crippen molar-refractivity contribution in [1.82, 2.24) is 15.3 Å². The van der Waals surface area contributed by atoms with Crippen LogP contribution in [0.4, 0.5) is 4.39 Å². The van der Waals surface area contributed by atoms with Crippen LogP contribution < -0.4 is 5.32 Å². The molecule has 0 radical (unpaired) electrons. The molecule has 2 heterocycles. The van der Waals surface area contributed by atoms with Crippen LogP contribution in [0.3, 0.4) is 0 Å². The summed E-state index contributed by atoms with van der Waals surface area (Å²) in [6.45, 7) is 4.05. The van der Waals surface area contributed by atoms with Crippen molar-refractivity contribution < 1.29 is 4.39 Å². The maximum Gasteiger partial charge on any atom is 0.123 e. The van der Waals surface area contributed by atoms with Crippen molar-refractivity contribution in [3.8, 4) is 11.3 Å². The van der Waals surface area contributed by atoms with E-state index in [9.17, 15) is 4.39 Å². The van der Waals surface area contributed by atoms with E-state index in [2.05, 4.69) is 15.3 Å². The number of imidazole rings is 1. The molecule has 1 aromatic heterocycles. The minimum atomic E-state index is -0.216. The monoisotopic (exact) mass is 245 g/mol. The summed E-state index contributed by atoms with van der Waals surface area (Å²) in [5.41, 5.74) is 2.93. The summed E-state index contributed by atoms with van der Waals surface area (Å²) in [4.78, 5) is 8.03. The van der Waals surface area contributed by atoms with Crippen molar-refractivity contribution in [2.75, 3.05) is 13.1 Å². The molecule has 0 saturated carbocycles. The summed E-state index contributed by atoms with van der Waals surface area (Å²) in [5.74, 6) is 1.29. The summed E-state index contributed by atoms with van der Waals surface area (Å²) in [5, 5.41) is 3.34. The molecule has 2 N–H and O–H groups in total. The van der Waals surface area contributed by atoms with Crippen LogP contribution >= 0.6 is 0 Å². The zero-order chi connectivity index (χ0) is 12.5. The molecule has 0 spiro atoms. The molecule has 3 nitrogen and oxygen atoms in total. The van der Waals surface area contributed by atoms with E-state index >= 15 is 0 Å². The van der Waals surface area contributed by atoms with Crippen LogP contribution in [0.5, 0.6) is 0 Å². The van der Waals surface area contributed by atoms with Crippen molar-refractivity contribution in [1.29, 1.82) is 0 Å². The van der Waals surface area contributed by atoms with Gasteiger partial charge in [0.2, 0.25) is 0 Å². The summed E-state index contributed by atoms with van der Waals surface area (Å²) in [6, 6.07) is 6.49. The van der Waals surface area contributed by atoms with Gasteiger partial charge in [-0.25, -0.2) is 9.37 Å². The summed E-state index contributed by atoms with van der Waals surface area (Å²) in [6.07, 6.45) is 1.12. The van der Waals surface area contributed by atoms with Gasteiger partial charge in [0.15, 0.2) is 0 Å². The lowest BCUT2D eigenvalue weighted by atomic mass is 10.1. The number of hydrogen-bond acceptors (Lipinski definition) is 2. The predicted molar refractivity (Wildman–Crippen MR) is 68.9 cm³/mol. The number of hydrogen-bond donors (Lipinski definition) is 2. The van der Waals surface area contributed by atoms with Crippen LogP contribution in [0.25, 0.3) is 11.3 Å².